The second-order valence-corrected chi connectivity index (χ2v) is 6.63. The Bertz CT molecular complexity index is 1150. The number of benzene rings is 3. The van der Waals surface area contributed by atoms with E-state index in [1.54, 1.807) is 44.7 Å². The summed E-state index contributed by atoms with van der Waals surface area (Å²) in [7, 11) is 3.24. The van der Waals surface area contributed by atoms with Crippen LogP contribution in [0.1, 0.15) is 38.1 Å². The van der Waals surface area contributed by atoms with Crippen LogP contribution in [0, 0.1) is 0 Å². The number of methoxy groups -OCH3 is 2. The lowest BCUT2D eigenvalue weighted by molar-refractivity contribution is 0.102. The van der Waals surface area contributed by atoms with Crippen LogP contribution in [0.2, 0.25) is 0 Å². The van der Waals surface area contributed by atoms with Crippen molar-refractivity contribution in [1.82, 2.24) is 9.97 Å². The van der Waals surface area contributed by atoms with Gasteiger partial charge in [-0.2, -0.15) is 0 Å². The number of nitrogens with one attached hydrogen (secondary N) is 2. The van der Waals surface area contributed by atoms with Crippen molar-refractivity contribution in [2.45, 2.75) is 27.7 Å². The van der Waals surface area contributed by atoms with Crippen LogP contribution in [-0.2, 0) is 0 Å². The van der Waals surface area contributed by atoms with Crippen molar-refractivity contribution in [3.8, 4) is 34.1 Å². The molecule has 4 rings (SSSR count). The van der Waals surface area contributed by atoms with E-state index in [1.807, 2.05) is 76.2 Å². The molecule has 0 radical (unpaired) electrons. The highest BCUT2D eigenvalue weighted by Crippen LogP contribution is 2.25. The molecule has 4 aromatic rings. The van der Waals surface area contributed by atoms with Gasteiger partial charge in [-0.05, 0) is 66.2 Å². The molecule has 1 aromatic heterocycles. The zero-order valence-corrected chi connectivity index (χ0v) is 22.1. The third-order valence-corrected chi connectivity index (χ3v) is 4.75. The molecular formula is C30H37N3O3. The number of imidazole rings is 1. The first-order chi connectivity index (χ1) is 17.7. The molecule has 1 heterocycles. The quantitative estimate of drug-likeness (QED) is 0.271. The van der Waals surface area contributed by atoms with Gasteiger partial charge in [-0.3, -0.25) is 4.79 Å². The maximum absolute atomic E-state index is 12.4. The minimum absolute atomic E-state index is 0.172. The Hall–Kier alpha value is -4.32. The SMILES string of the molecule is C=C.CC.CC.COc1ccc(C(=O)Nc2ccc(-c3cnc(-c4ccc(OC)cc4)[nH]3)cc2)cc1. The van der Waals surface area contributed by atoms with Crippen molar-refractivity contribution in [1.29, 1.82) is 0 Å². The monoisotopic (exact) mass is 487 g/mol. The highest BCUT2D eigenvalue weighted by atomic mass is 16.5. The van der Waals surface area contributed by atoms with E-state index in [0.29, 0.717) is 11.3 Å². The summed E-state index contributed by atoms with van der Waals surface area (Å²) < 4.78 is 10.3. The van der Waals surface area contributed by atoms with E-state index in [-0.39, 0.29) is 5.91 Å². The maximum Gasteiger partial charge on any atom is 0.255 e. The summed E-state index contributed by atoms with van der Waals surface area (Å²) in [6, 6.07) is 22.3. The number of carbonyl (C=O) groups is 1. The van der Waals surface area contributed by atoms with E-state index in [0.717, 1.165) is 34.1 Å². The zero-order chi connectivity index (χ0) is 26.9. The predicted molar refractivity (Wildman–Crippen MR) is 151 cm³/mol. The van der Waals surface area contributed by atoms with Gasteiger partial charge in [-0.1, -0.05) is 39.8 Å². The largest absolute Gasteiger partial charge is 0.497 e. The smallest absolute Gasteiger partial charge is 0.255 e. The number of anilines is 1. The summed E-state index contributed by atoms with van der Waals surface area (Å²) in [4.78, 5) is 20.2. The number of hydrogen-bond donors (Lipinski definition) is 2. The zero-order valence-electron chi connectivity index (χ0n) is 22.1. The molecule has 0 aliphatic heterocycles. The van der Waals surface area contributed by atoms with Gasteiger partial charge in [-0.15, -0.1) is 13.2 Å². The number of aromatic nitrogens is 2. The highest BCUT2D eigenvalue weighted by molar-refractivity contribution is 6.04. The van der Waals surface area contributed by atoms with Gasteiger partial charge in [0.25, 0.3) is 5.91 Å². The van der Waals surface area contributed by atoms with Crippen molar-refractivity contribution in [3.63, 3.8) is 0 Å². The van der Waals surface area contributed by atoms with Gasteiger partial charge >= 0.3 is 0 Å². The van der Waals surface area contributed by atoms with Crippen molar-refractivity contribution in [2.75, 3.05) is 19.5 Å². The lowest BCUT2D eigenvalue weighted by Crippen LogP contribution is -2.11. The molecule has 0 spiro atoms. The van der Waals surface area contributed by atoms with Gasteiger partial charge in [0.2, 0.25) is 0 Å². The Morgan fingerprint density at radius 1 is 0.750 bits per heavy atom. The first-order valence-electron chi connectivity index (χ1n) is 11.9. The number of H-pyrrole nitrogens is 1. The molecule has 3 aromatic carbocycles. The van der Waals surface area contributed by atoms with Crippen LogP contribution in [0.3, 0.4) is 0 Å². The summed E-state index contributed by atoms with van der Waals surface area (Å²) in [5.41, 5.74) is 4.14. The highest BCUT2D eigenvalue weighted by Gasteiger charge is 2.08. The first-order valence-corrected chi connectivity index (χ1v) is 11.9. The second-order valence-electron chi connectivity index (χ2n) is 6.63. The number of rotatable bonds is 6. The van der Waals surface area contributed by atoms with Crippen molar-refractivity contribution < 1.29 is 14.3 Å². The summed E-state index contributed by atoms with van der Waals surface area (Å²) in [5.74, 6) is 2.13. The van der Waals surface area contributed by atoms with E-state index in [9.17, 15) is 4.79 Å². The Labute approximate surface area is 215 Å². The third kappa shape index (κ3) is 8.17. The van der Waals surface area contributed by atoms with Crippen LogP contribution in [0.25, 0.3) is 22.6 Å². The van der Waals surface area contributed by atoms with E-state index in [4.69, 9.17) is 9.47 Å². The number of amides is 1. The molecule has 0 saturated carbocycles. The molecular weight excluding hydrogens is 450 g/mol. The molecule has 2 N–H and O–H groups in total. The number of ether oxygens (including phenoxy) is 2. The van der Waals surface area contributed by atoms with Crippen LogP contribution in [-0.4, -0.2) is 30.1 Å². The van der Waals surface area contributed by atoms with Gasteiger partial charge in [0.1, 0.15) is 17.3 Å². The molecule has 0 unspecified atom stereocenters. The predicted octanol–water partition coefficient (Wildman–Crippen LogP) is 7.87. The summed E-state index contributed by atoms with van der Waals surface area (Å²) in [5, 5.41) is 2.90. The minimum atomic E-state index is -0.172. The fourth-order valence-corrected chi connectivity index (χ4v) is 3.04. The average Bonchev–Trinajstić information content (AvgIpc) is 3.47. The topological polar surface area (TPSA) is 76.2 Å². The van der Waals surface area contributed by atoms with E-state index in [2.05, 4.69) is 28.4 Å². The van der Waals surface area contributed by atoms with Crippen LogP contribution < -0.4 is 14.8 Å². The molecule has 6 nitrogen and oxygen atoms in total. The molecule has 0 aliphatic rings. The fourth-order valence-electron chi connectivity index (χ4n) is 3.04. The number of hydrogen-bond acceptors (Lipinski definition) is 4. The van der Waals surface area contributed by atoms with Gasteiger partial charge in [0.05, 0.1) is 26.1 Å². The molecule has 0 saturated heterocycles. The Morgan fingerprint density at radius 3 is 1.72 bits per heavy atom. The van der Waals surface area contributed by atoms with Gasteiger partial charge in [0.15, 0.2) is 0 Å². The fraction of sp³-hybridized carbons (Fsp3) is 0.200. The first kappa shape index (κ1) is 29.7. The van der Waals surface area contributed by atoms with Gasteiger partial charge in [0, 0.05) is 16.8 Å². The molecule has 190 valence electrons. The average molecular weight is 488 g/mol. The standard InChI is InChI=1S/C24H21N3O3.2C2H6.C2H4/c1-29-20-11-5-17(6-12-20)23-25-15-22(27-23)16-3-9-19(10-4-16)26-24(28)18-7-13-21(30-2)14-8-18;3*1-2/h3-15H,1-2H3,(H,25,27)(H,26,28);2*1-2H3;1-2H2. The Kier molecular flexibility index (Phi) is 13.5. The van der Waals surface area contributed by atoms with Gasteiger partial charge < -0.3 is 19.8 Å². The van der Waals surface area contributed by atoms with Gasteiger partial charge in [-0.25, -0.2) is 4.98 Å². The van der Waals surface area contributed by atoms with Crippen LogP contribution >= 0.6 is 0 Å². The molecule has 36 heavy (non-hydrogen) atoms. The third-order valence-electron chi connectivity index (χ3n) is 4.75. The lowest BCUT2D eigenvalue weighted by Gasteiger charge is -2.07. The van der Waals surface area contributed by atoms with Crippen molar-refractivity contribution in [3.05, 3.63) is 97.7 Å². The summed E-state index contributed by atoms with van der Waals surface area (Å²) in [6.07, 6.45) is 1.80. The summed E-state index contributed by atoms with van der Waals surface area (Å²) >= 11 is 0. The summed E-state index contributed by atoms with van der Waals surface area (Å²) in [6.45, 7) is 14.0. The molecule has 6 heteroatoms. The molecule has 0 aliphatic carbocycles. The van der Waals surface area contributed by atoms with E-state index in [1.165, 1.54) is 0 Å². The van der Waals surface area contributed by atoms with E-state index >= 15 is 0 Å². The minimum Gasteiger partial charge on any atom is -0.497 e. The molecule has 0 fully saturated rings. The van der Waals surface area contributed by atoms with Crippen molar-refractivity contribution >= 4 is 11.6 Å². The molecule has 0 bridgehead atoms. The van der Waals surface area contributed by atoms with Crippen LogP contribution in [0.15, 0.2) is 92.2 Å². The number of carbonyl (C=O) groups excluding carboxylic acids is 1. The van der Waals surface area contributed by atoms with Crippen LogP contribution in [0.4, 0.5) is 5.69 Å². The van der Waals surface area contributed by atoms with E-state index < -0.39 is 0 Å². The maximum atomic E-state index is 12.4. The second kappa shape index (κ2) is 16.3. The normalized spacial score (nSPS) is 9.17. The number of nitrogens with zero attached hydrogens (tertiary/aromatic N) is 1. The number of aromatic amines is 1. The lowest BCUT2D eigenvalue weighted by atomic mass is 10.1. The molecule has 1 amide bonds. The van der Waals surface area contributed by atoms with Crippen LogP contribution in [0.5, 0.6) is 11.5 Å². The Morgan fingerprint density at radius 2 is 1.22 bits per heavy atom. The van der Waals surface area contributed by atoms with Crippen molar-refractivity contribution in [2.24, 2.45) is 0 Å². The Balaban J connectivity index is 0.00000101. The molecule has 0 atom stereocenters.